The van der Waals surface area contributed by atoms with Gasteiger partial charge in [-0.1, -0.05) is 30.3 Å². The monoisotopic (exact) mass is 246 g/mol. The Hall–Kier alpha value is -1.52. The summed E-state index contributed by atoms with van der Waals surface area (Å²) < 4.78 is 5.53. The van der Waals surface area contributed by atoms with Gasteiger partial charge in [0.05, 0.1) is 18.8 Å². The SMILES string of the molecule is CC(C)(O)COC1C=NC(c2ccccc2)=NC1. The number of rotatable bonds is 4. The van der Waals surface area contributed by atoms with Crippen LogP contribution in [0.2, 0.25) is 0 Å². The zero-order chi connectivity index (χ0) is 13.0. The molecule has 1 aliphatic heterocycles. The van der Waals surface area contributed by atoms with Crippen LogP contribution in [0.4, 0.5) is 0 Å². The Kier molecular flexibility index (Phi) is 3.89. The van der Waals surface area contributed by atoms with Crippen LogP contribution >= 0.6 is 0 Å². The molecular formula is C14H18N2O2. The highest BCUT2D eigenvalue weighted by Crippen LogP contribution is 2.09. The van der Waals surface area contributed by atoms with Gasteiger partial charge in [0.2, 0.25) is 0 Å². The van der Waals surface area contributed by atoms with E-state index >= 15 is 0 Å². The molecule has 1 aromatic carbocycles. The highest BCUT2D eigenvalue weighted by molar-refractivity contribution is 6.04. The van der Waals surface area contributed by atoms with Crippen LogP contribution in [0.15, 0.2) is 40.3 Å². The van der Waals surface area contributed by atoms with Crippen molar-refractivity contribution in [2.24, 2.45) is 9.98 Å². The zero-order valence-electron chi connectivity index (χ0n) is 10.7. The van der Waals surface area contributed by atoms with Gasteiger partial charge in [-0.05, 0) is 13.8 Å². The summed E-state index contributed by atoms with van der Waals surface area (Å²) in [7, 11) is 0. The predicted octanol–water partition coefficient (Wildman–Crippen LogP) is 1.67. The first-order valence-electron chi connectivity index (χ1n) is 6.03. The molecule has 0 fully saturated rings. The summed E-state index contributed by atoms with van der Waals surface area (Å²) in [4.78, 5) is 8.69. The first-order valence-corrected chi connectivity index (χ1v) is 6.03. The van der Waals surface area contributed by atoms with Crippen LogP contribution in [-0.4, -0.2) is 42.0 Å². The normalized spacial score (nSPS) is 19.7. The minimum atomic E-state index is -0.822. The van der Waals surface area contributed by atoms with E-state index in [1.165, 1.54) is 0 Å². The van der Waals surface area contributed by atoms with E-state index in [4.69, 9.17) is 4.74 Å². The van der Waals surface area contributed by atoms with Crippen LogP contribution in [0, 0.1) is 0 Å². The van der Waals surface area contributed by atoms with Crippen molar-refractivity contribution in [3.8, 4) is 0 Å². The molecule has 0 amide bonds. The molecule has 1 N–H and O–H groups in total. The molecule has 0 radical (unpaired) electrons. The Morgan fingerprint density at radius 2 is 2.06 bits per heavy atom. The van der Waals surface area contributed by atoms with E-state index in [0.717, 1.165) is 11.4 Å². The quantitative estimate of drug-likeness (QED) is 0.878. The maximum Gasteiger partial charge on any atom is 0.154 e. The summed E-state index contributed by atoms with van der Waals surface area (Å²) in [6, 6.07) is 9.85. The van der Waals surface area contributed by atoms with Gasteiger partial charge in [0.15, 0.2) is 5.84 Å². The average molecular weight is 246 g/mol. The van der Waals surface area contributed by atoms with E-state index in [9.17, 15) is 5.11 Å². The molecule has 1 unspecified atom stereocenters. The van der Waals surface area contributed by atoms with Crippen molar-refractivity contribution in [2.45, 2.75) is 25.6 Å². The van der Waals surface area contributed by atoms with Gasteiger partial charge < -0.3 is 9.84 Å². The van der Waals surface area contributed by atoms with Crippen LogP contribution in [0.5, 0.6) is 0 Å². The van der Waals surface area contributed by atoms with Crippen molar-refractivity contribution in [1.29, 1.82) is 0 Å². The van der Waals surface area contributed by atoms with Crippen LogP contribution in [0.3, 0.4) is 0 Å². The van der Waals surface area contributed by atoms with Crippen LogP contribution in [-0.2, 0) is 4.74 Å². The molecule has 1 aromatic rings. The number of nitrogens with zero attached hydrogens (tertiary/aromatic N) is 2. The van der Waals surface area contributed by atoms with Crippen molar-refractivity contribution in [2.75, 3.05) is 13.2 Å². The third-order valence-corrected chi connectivity index (χ3v) is 2.47. The summed E-state index contributed by atoms with van der Waals surface area (Å²) >= 11 is 0. The standard InChI is InChI=1S/C14H18N2O2/c1-14(2,17)10-18-12-8-15-13(16-9-12)11-6-4-3-5-7-11/h3-8,12,17H,9-10H2,1-2H3. The van der Waals surface area contributed by atoms with Gasteiger partial charge in [0.1, 0.15) is 6.10 Å². The molecule has 0 bridgehead atoms. The minimum absolute atomic E-state index is 0.149. The number of ether oxygens (including phenoxy) is 1. The van der Waals surface area contributed by atoms with E-state index in [-0.39, 0.29) is 12.7 Å². The molecule has 0 saturated carbocycles. The molecule has 1 atom stereocenters. The highest BCUT2D eigenvalue weighted by Gasteiger charge is 2.18. The summed E-state index contributed by atoms with van der Waals surface area (Å²) in [6.07, 6.45) is 1.60. The fraction of sp³-hybridized carbons (Fsp3) is 0.429. The topological polar surface area (TPSA) is 54.2 Å². The van der Waals surface area contributed by atoms with Crippen molar-refractivity contribution in [3.05, 3.63) is 35.9 Å². The molecule has 18 heavy (non-hydrogen) atoms. The van der Waals surface area contributed by atoms with Gasteiger partial charge in [-0.2, -0.15) is 0 Å². The van der Waals surface area contributed by atoms with E-state index in [1.807, 2.05) is 30.3 Å². The zero-order valence-corrected chi connectivity index (χ0v) is 10.7. The van der Waals surface area contributed by atoms with Gasteiger partial charge >= 0.3 is 0 Å². The number of aliphatic imine (C=N–C) groups is 2. The second-order valence-corrected chi connectivity index (χ2v) is 4.97. The van der Waals surface area contributed by atoms with Crippen molar-refractivity contribution < 1.29 is 9.84 Å². The smallest absolute Gasteiger partial charge is 0.154 e. The highest BCUT2D eigenvalue weighted by atomic mass is 16.5. The largest absolute Gasteiger partial charge is 0.388 e. The van der Waals surface area contributed by atoms with Gasteiger partial charge in [-0.3, -0.25) is 4.99 Å². The molecule has 1 aliphatic rings. The third-order valence-electron chi connectivity index (χ3n) is 2.47. The van der Waals surface area contributed by atoms with Crippen LogP contribution in [0.25, 0.3) is 0 Å². The van der Waals surface area contributed by atoms with E-state index in [2.05, 4.69) is 9.98 Å². The van der Waals surface area contributed by atoms with Gasteiger partial charge in [0.25, 0.3) is 0 Å². The van der Waals surface area contributed by atoms with Crippen molar-refractivity contribution in [1.82, 2.24) is 0 Å². The second kappa shape index (κ2) is 5.42. The molecular weight excluding hydrogens is 228 g/mol. The summed E-state index contributed by atoms with van der Waals surface area (Å²) in [5.41, 5.74) is 0.187. The average Bonchev–Trinajstić information content (AvgIpc) is 2.37. The van der Waals surface area contributed by atoms with E-state index < -0.39 is 5.60 Å². The summed E-state index contributed by atoms with van der Waals surface area (Å²) in [5, 5.41) is 9.57. The van der Waals surface area contributed by atoms with Gasteiger partial charge in [-0.15, -0.1) is 0 Å². The fourth-order valence-corrected chi connectivity index (χ4v) is 1.58. The maximum absolute atomic E-state index is 9.57. The van der Waals surface area contributed by atoms with E-state index in [0.29, 0.717) is 6.54 Å². The number of hydrogen-bond acceptors (Lipinski definition) is 4. The number of benzene rings is 1. The molecule has 2 rings (SSSR count). The summed E-state index contributed by atoms with van der Waals surface area (Å²) in [5.74, 6) is 0.735. The molecule has 96 valence electrons. The Labute approximate surface area is 107 Å². The lowest BCUT2D eigenvalue weighted by Gasteiger charge is -2.21. The molecule has 0 saturated heterocycles. The lowest BCUT2D eigenvalue weighted by atomic mass is 10.1. The molecule has 4 nitrogen and oxygen atoms in total. The number of aliphatic hydroxyl groups is 1. The molecule has 0 aromatic heterocycles. The second-order valence-electron chi connectivity index (χ2n) is 4.97. The summed E-state index contributed by atoms with van der Waals surface area (Å²) in [6.45, 7) is 4.25. The van der Waals surface area contributed by atoms with E-state index in [1.54, 1.807) is 20.1 Å². The van der Waals surface area contributed by atoms with Gasteiger partial charge in [0, 0.05) is 11.8 Å². The Morgan fingerprint density at radius 1 is 1.33 bits per heavy atom. The molecule has 0 aliphatic carbocycles. The Balaban J connectivity index is 1.92. The Bertz CT molecular complexity index is 447. The lowest BCUT2D eigenvalue weighted by Crippen LogP contribution is -2.32. The minimum Gasteiger partial charge on any atom is -0.388 e. The Morgan fingerprint density at radius 3 is 2.61 bits per heavy atom. The van der Waals surface area contributed by atoms with Gasteiger partial charge in [-0.25, -0.2) is 4.99 Å². The van der Waals surface area contributed by atoms with Crippen LogP contribution < -0.4 is 0 Å². The van der Waals surface area contributed by atoms with Crippen molar-refractivity contribution in [3.63, 3.8) is 0 Å². The van der Waals surface area contributed by atoms with Crippen LogP contribution in [0.1, 0.15) is 19.4 Å². The lowest BCUT2D eigenvalue weighted by molar-refractivity contribution is -0.0313. The fourth-order valence-electron chi connectivity index (χ4n) is 1.58. The number of amidine groups is 1. The first-order chi connectivity index (χ1) is 8.54. The molecule has 1 heterocycles. The predicted molar refractivity (Wildman–Crippen MR) is 72.4 cm³/mol. The molecule has 0 spiro atoms. The molecule has 4 heteroatoms. The number of hydrogen-bond donors (Lipinski definition) is 1. The van der Waals surface area contributed by atoms with Crippen molar-refractivity contribution >= 4 is 12.1 Å². The first kappa shape index (κ1) is 12.9. The third kappa shape index (κ3) is 3.75. The maximum atomic E-state index is 9.57.